The van der Waals surface area contributed by atoms with Crippen LogP contribution >= 0.6 is 11.6 Å². The van der Waals surface area contributed by atoms with Crippen LogP contribution in [0.4, 0.5) is 5.69 Å². The number of hydrogen-bond donors (Lipinski definition) is 4. The van der Waals surface area contributed by atoms with E-state index >= 15 is 0 Å². The Kier molecular flexibility index (Phi) is 7.86. The molecule has 2 aliphatic heterocycles. The molecule has 0 spiro atoms. The molecule has 0 bridgehead atoms. The van der Waals surface area contributed by atoms with Crippen molar-refractivity contribution in [2.75, 3.05) is 25.6 Å². The number of ketones is 1. The number of aliphatic hydroxyl groups excluding tert-OH is 3. The minimum absolute atomic E-state index is 0.180. The summed E-state index contributed by atoms with van der Waals surface area (Å²) >= 11 is 6.44. The third-order valence-corrected chi connectivity index (χ3v) is 5.89. The van der Waals surface area contributed by atoms with Crippen LogP contribution in [0.1, 0.15) is 41.2 Å². The number of fused-ring (bicyclic) bond motifs is 1. The summed E-state index contributed by atoms with van der Waals surface area (Å²) < 4.78 is 5.71. The molecule has 2 aliphatic rings. The molecule has 162 valence electrons. The Bertz CT molecular complexity index is 888. The van der Waals surface area contributed by atoms with Crippen LogP contribution in [0.25, 0.3) is 0 Å². The van der Waals surface area contributed by atoms with Gasteiger partial charge >= 0.3 is 0 Å². The summed E-state index contributed by atoms with van der Waals surface area (Å²) in [7, 11) is 1.00. The number of carbonyl (C=O) groups is 1. The molecule has 3 unspecified atom stereocenters. The van der Waals surface area contributed by atoms with Gasteiger partial charge in [0.1, 0.15) is 12.2 Å². The average molecular weight is 434 g/mol. The minimum Gasteiger partial charge on any atom is -0.400 e. The zero-order valence-corrected chi connectivity index (χ0v) is 17.7. The van der Waals surface area contributed by atoms with Crippen LogP contribution < -0.4 is 5.32 Å². The van der Waals surface area contributed by atoms with Crippen molar-refractivity contribution in [1.29, 1.82) is 0 Å². The minimum atomic E-state index is -1.12. The quantitative estimate of drug-likeness (QED) is 0.591. The summed E-state index contributed by atoms with van der Waals surface area (Å²) in [6.45, 7) is 0.563. The average Bonchev–Trinajstić information content (AvgIpc) is 2.78. The Balaban J connectivity index is 0.00000124. The third-order valence-electron chi connectivity index (χ3n) is 5.53. The van der Waals surface area contributed by atoms with Crippen molar-refractivity contribution < 1.29 is 24.9 Å². The fourth-order valence-corrected chi connectivity index (χ4v) is 4.15. The van der Waals surface area contributed by atoms with Gasteiger partial charge < -0.3 is 25.4 Å². The normalized spacial score (nSPS) is 23.1. The number of rotatable bonds is 4. The van der Waals surface area contributed by atoms with Gasteiger partial charge in [-0.3, -0.25) is 4.79 Å². The van der Waals surface area contributed by atoms with E-state index in [4.69, 9.17) is 21.4 Å². The predicted molar refractivity (Wildman–Crippen MR) is 116 cm³/mol. The molecule has 0 aliphatic carbocycles. The first kappa shape index (κ1) is 22.7. The molecule has 1 saturated heterocycles. The Morgan fingerprint density at radius 1 is 1.20 bits per heavy atom. The van der Waals surface area contributed by atoms with Crippen molar-refractivity contribution in [2.24, 2.45) is 0 Å². The highest BCUT2D eigenvalue weighted by molar-refractivity contribution is 6.31. The zero-order valence-electron chi connectivity index (χ0n) is 17.0. The Labute approximate surface area is 181 Å². The number of Topliss-reactive ketones (excluding diaryl/α,β-unsaturated/α-hetero) is 1. The predicted octanol–water partition coefficient (Wildman–Crippen LogP) is 2.65. The Morgan fingerprint density at radius 2 is 2.00 bits per heavy atom. The maximum absolute atomic E-state index is 11.9. The first-order chi connectivity index (χ1) is 14.5. The number of aryl methyl sites for hydroxylation is 1. The van der Waals surface area contributed by atoms with E-state index in [-0.39, 0.29) is 6.42 Å². The van der Waals surface area contributed by atoms with Gasteiger partial charge in [-0.1, -0.05) is 35.9 Å². The second-order valence-electron chi connectivity index (χ2n) is 7.50. The van der Waals surface area contributed by atoms with E-state index in [1.54, 1.807) is 0 Å². The molecule has 1 fully saturated rings. The van der Waals surface area contributed by atoms with E-state index in [1.165, 1.54) is 16.8 Å². The molecule has 0 radical (unpaired) electrons. The number of nitrogens with one attached hydrogen (secondary N) is 1. The van der Waals surface area contributed by atoms with Gasteiger partial charge in [0, 0.05) is 30.8 Å². The lowest BCUT2D eigenvalue weighted by atomic mass is 9.93. The first-order valence-corrected chi connectivity index (χ1v) is 10.5. The molecule has 0 aromatic heterocycles. The third kappa shape index (κ3) is 5.02. The van der Waals surface area contributed by atoms with Crippen molar-refractivity contribution in [1.82, 2.24) is 0 Å². The number of benzene rings is 2. The van der Waals surface area contributed by atoms with Crippen LogP contribution in [-0.2, 0) is 22.4 Å². The largest absolute Gasteiger partial charge is 0.400 e. The first-order valence-electron chi connectivity index (χ1n) is 10.1. The van der Waals surface area contributed by atoms with Crippen molar-refractivity contribution in [3.05, 3.63) is 63.7 Å². The summed E-state index contributed by atoms with van der Waals surface area (Å²) in [6, 6.07) is 12.1. The molecule has 0 amide bonds. The maximum atomic E-state index is 11.9. The van der Waals surface area contributed by atoms with Gasteiger partial charge in [-0.25, -0.2) is 0 Å². The molecule has 4 rings (SSSR count). The van der Waals surface area contributed by atoms with Gasteiger partial charge in [-0.05, 0) is 53.6 Å². The number of halogens is 1. The molecule has 4 N–H and O–H groups in total. The zero-order chi connectivity index (χ0) is 21.7. The van der Waals surface area contributed by atoms with Gasteiger partial charge in [-0.15, -0.1) is 0 Å². The molecule has 0 saturated carbocycles. The van der Waals surface area contributed by atoms with Gasteiger partial charge in [0.25, 0.3) is 0 Å². The summed E-state index contributed by atoms with van der Waals surface area (Å²) in [5.74, 6) is -0.463. The van der Waals surface area contributed by atoms with Crippen LogP contribution in [-0.4, -0.2) is 53.6 Å². The molecule has 6 nitrogen and oxygen atoms in total. The van der Waals surface area contributed by atoms with Crippen molar-refractivity contribution >= 4 is 23.1 Å². The van der Waals surface area contributed by atoms with E-state index in [0.29, 0.717) is 11.4 Å². The SMILES string of the molecule is CO.O=C1C(O)CC(c2ccc(Cl)c(Cc3ccc4c(c3)NCCC4)c2)OC1CO. The number of aliphatic hydroxyl groups is 3. The van der Waals surface area contributed by atoms with E-state index < -0.39 is 30.7 Å². The van der Waals surface area contributed by atoms with E-state index in [2.05, 4.69) is 23.5 Å². The summed E-state index contributed by atoms with van der Waals surface area (Å²) in [5.41, 5.74) is 5.52. The Morgan fingerprint density at radius 3 is 2.77 bits per heavy atom. The highest BCUT2D eigenvalue weighted by Gasteiger charge is 2.36. The van der Waals surface area contributed by atoms with Gasteiger partial charge in [0.15, 0.2) is 5.78 Å². The smallest absolute Gasteiger partial charge is 0.192 e. The monoisotopic (exact) mass is 433 g/mol. The van der Waals surface area contributed by atoms with Crippen LogP contribution in [0.3, 0.4) is 0 Å². The van der Waals surface area contributed by atoms with E-state index in [9.17, 15) is 15.0 Å². The summed E-state index contributed by atoms with van der Waals surface area (Å²) in [5, 5.41) is 30.5. The van der Waals surface area contributed by atoms with Crippen molar-refractivity contribution in [2.45, 2.75) is 44.0 Å². The van der Waals surface area contributed by atoms with Gasteiger partial charge in [0.05, 0.1) is 12.7 Å². The molecule has 3 atom stereocenters. The molecular weight excluding hydrogens is 406 g/mol. The number of ether oxygens (including phenoxy) is 1. The van der Waals surface area contributed by atoms with Crippen LogP contribution in [0.5, 0.6) is 0 Å². The molecule has 2 aromatic rings. The molecular formula is C23H28ClNO5. The fraction of sp³-hybridized carbons (Fsp3) is 0.435. The molecule has 2 aromatic carbocycles. The summed E-state index contributed by atoms with van der Waals surface area (Å²) in [4.78, 5) is 11.9. The van der Waals surface area contributed by atoms with Gasteiger partial charge in [-0.2, -0.15) is 0 Å². The lowest BCUT2D eigenvalue weighted by molar-refractivity contribution is -0.161. The van der Waals surface area contributed by atoms with Crippen LogP contribution in [0, 0.1) is 0 Å². The summed E-state index contributed by atoms with van der Waals surface area (Å²) in [6.07, 6.45) is 0.557. The number of anilines is 1. The maximum Gasteiger partial charge on any atom is 0.192 e. The number of hydrogen-bond acceptors (Lipinski definition) is 6. The lowest BCUT2D eigenvalue weighted by Crippen LogP contribution is -2.43. The van der Waals surface area contributed by atoms with Gasteiger partial charge in [0.2, 0.25) is 0 Å². The Hall–Kier alpha value is -1.96. The van der Waals surface area contributed by atoms with Crippen LogP contribution in [0.2, 0.25) is 5.02 Å². The van der Waals surface area contributed by atoms with Crippen molar-refractivity contribution in [3.63, 3.8) is 0 Å². The molecule has 2 heterocycles. The van der Waals surface area contributed by atoms with E-state index in [0.717, 1.165) is 37.6 Å². The topological polar surface area (TPSA) is 99.0 Å². The van der Waals surface area contributed by atoms with Crippen LogP contribution in [0.15, 0.2) is 36.4 Å². The standard InChI is InChI=1S/C22H24ClNO4.CH4O/c23-17-6-5-15(20-11-19(26)22(27)21(12-25)28-20)10-16(17)8-13-3-4-14-2-1-7-24-18(14)9-13;1-2/h3-6,9-10,19-21,24-26H,1-2,7-8,11-12H2;2H,1H3. The molecule has 30 heavy (non-hydrogen) atoms. The van der Waals surface area contributed by atoms with Crippen molar-refractivity contribution in [3.8, 4) is 0 Å². The highest BCUT2D eigenvalue weighted by Crippen LogP contribution is 2.33. The molecule has 7 heteroatoms. The number of carbonyl (C=O) groups excluding carboxylic acids is 1. The second kappa shape index (κ2) is 10.4. The lowest BCUT2D eigenvalue weighted by Gasteiger charge is -2.31. The fourth-order valence-electron chi connectivity index (χ4n) is 3.97. The van der Waals surface area contributed by atoms with E-state index in [1.807, 2.05) is 18.2 Å². The highest BCUT2D eigenvalue weighted by atomic mass is 35.5. The second-order valence-corrected chi connectivity index (χ2v) is 7.91.